The van der Waals surface area contributed by atoms with Gasteiger partial charge in [-0.25, -0.2) is 4.98 Å². The fourth-order valence-electron chi connectivity index (χ4n) is 2.24. The second-order valence-electron chi connectivity index (χ2n) is 4.42. The van der Waals surface area contributed by atoms with Crippen LogP contribution < -0.4 is 5.32 Å². The minimum Gasteiger partial charge on any atom is -0.346 e. The molecule has 3 heterocycles. The zero-order chi connectivity index (χ0) is 12.4. The fraction of sp³-hybridized carbons (Fsp3) is 0.308. The van der Waals surface area contributed by atoms with Crippen molar-refractivity contribution < 1.29 is 4.79 Å². The van der Waals surface area contributed by atoms with Gasteiger partial charge in [0.25, 0.3) is 5.91 Å². The van der Waals surface area contributed by atoms with Crippen LogP contribution in [0.2, 0.25) is 0 Å². The summed E-state index contributed by atoms with van der Waals surface area (Å²) in [5.41, 5.74) is 0.467. The van der Waals surface area contributed by atoms with Gasteiger partial charge in [-0.3, -0.25) is 9.78 Å². The minimum absolute atomic E-state index is 0.107. The molecule has 0 fully saturated rings. The molecule has 0 saturated carbocycles. The number of nitrogens with one attached hydrogen (secondary N) is 1. The van der Waals surface area contributed by atoms with Crippen LogP contribution in [0.3, 0.4) is 0 Å². The van der Waals surface area contributed by atoms with Crippen molar-refractivity contribution in [1.29, 1.82) is 0 Å². The van der Waals surface area contributed by atoms with Crippen molar-refractivity contribution in [2.75, 3.05) is 0 Å². The van der Waals surface area contributed by atoms with E-state index in [1.165, 1.54) is 0 Å². The summed E-state index contributed by atoms with van der Waals surface area (Å²) < 4.78 is 2.09. The highest BCUT2D eigenvalue weighted by molar-refractivity contribution is 5.92. The van der Waals surface area contributed by atoms with Crippen molar-refractivity contribution in [3.05, 3.63) is 48.3 Å². The standard InChI is InChI=1S/C13H14N4O/c18-13(11-3-1-2-6-14-11)16-10-4-5-12-15-7-8-17(12)9-10/h1-3,6-8,10H,4-5,9H2,(H,16,18)/t10-/m1/s1. The van der Waals surface area contributed by atoms with Gasteiger partial charge in [-0.1, -0.05) is 6.07 Å². The zero-order valence-electron chi connectivity index (χ0n) is 9.91. The summed E-state index contributed by atoms with van der Waals surface area (Å²) in [4.78, 5) is 20.3. The highest BCUT2D eigenvalue weighted by atomic mass is 16.1. The highest BCUT2D eigenvalue weighted by Gasteiger charge is 2.20. The third-order valence-corrected chi connectivity index (χ3v) is 3.17. The molecule has 5 heteroatoms. The summed E-state index contributed by atoms with van der Waals surface area (Å²) in [5.74, 6) is 0.988. The Bertz CT molecular complexity index is 549. The van der Waals surface area contributed by atoms with Crippen molar-refractivity contribution >= 4 is 5.91 Å². The third-order valence-electron chi connectivity index (χ3n) is 3.17. The Morgan fingerprint density at radius 2 is 2.28 bits per heavy atom. The Morgan fingerprint density at radius 3 is 3.11 bits per heavy atom. The molecule has 0 aromatic carbocycles. The number of hydrogen-bond donors (Lipinski definition) is 1. The molecule has 2 aromatic rings. The SMILES string of the molecule is O=C(N[C@@H]1CCc2nccn2C1)c1ccccn1. The Morgan fingerprint density at radius 1 is 1.33 bits per heavy atom. The summed E-state index contributed by atoms with van der Waals surface area (Å²) in [6.45, 7) is 0.786. The summed E-state index contributed by atoms with van der Waals surface area (Å²) in [6.07, 6.45) is 7.21. The topological polar surface area (TPSA) is 59.8 Å². The number of fused-ring (bicyclic) bond motifs is 1. The van der Waals surface area contributed by atoms with Crippen LogP contribution in [0.25, 0.3) is 0 Å². The Kier molecular flexibility index (Phi) is 2.80. The van der Waals surface area contributed by atoms with E-state index in [1.807, 2.05) is 12.3 Å². The lowest BCUT2D eigenvalue weighted by molar-refractivity contribution is 0.0922. The Balaban J connectivity index is 1.67. The monoisotopic (exact) mass is 242 g/mol. The molecule has 2 aromatic heterocycles. The van der Waals surface area contributed by atoms with Crippen molar-refractivity contribution in [3.63, 3.8) is 0 Å². The summed E-state index contributed by atoms with van der Waals surface area (Å²) in [6, 6.07) is 5.49. The first kappa shape index (κ1) is 11.0. The van der Waals surface area contributed by atoms with Gasteiger partial charge in [0.05, 0.1) is 0 Å². The normalized spacial score (nSPS) is 18.1. The number of carbonyl (C=O) groups excluding carboxylic acids is 1. The second kappa shape index (κ2) is 4.60. The van der Waals surface area contributed by atoms with Crippen LogP contribution in [0.15, 0.2) is 36.8 Å². The van der Waals surface area contributed by atoms with E-state index >= 15 is 0 Å². The molecular weight excluding hydrogens is 228 g/mol. The summed E-state index contributed by atoms with van der Waals surface area (Å²) in [7, 11) is 0. The van der Waals surface area contributed by atoms with Crippen LogP contribution in [-0.2, 0) is 13.0 Å². The van der Waals surface area contributed by atoms with E-state index in [9.17, 15) is 4.79 Å². The van der Waals surface area contributed by atoms with Gasteiger partial charge in [-0.15, -0.1) is 0 Å². The van der Waals surface area contributed by atoms with Gasteiger partial charge in [0, 0.05) is 37.6 Å². The molecule has 0 aliphatic carbocycles. The molecule has 3 rings (SSSR count). The first-order valence-corrected chi connectivity index (χ1v) is 6.05. The number of pyridine rings is 1. The third kappa shape index (κ3) is 2.11. The summed E-state index contributed by atoms with van der Waals surface area (Å²) >= 11 is 0. The number of nitrogens with zero attached hydrogens (tertiary/aromatic N) is 3. The molecule has 0 spiro atoms. The molecule has 1 amide bonds. The Hall–Kier alpha value is -2.17. The maximum absolute atomic E-state index is 12.0. The first-order valence-electron chi connectivity index (χ1n) is 6.05. The number of amides is 1. The average molecular weight is 242 g/mol. The van der Waals surface area contributed by atoms with Crippen LogP contribution >= 0.6 is 0 Å². The lowest BCUT2D eigenvalue weighted by Gasteiger charge is -2.24. The van der Waals surface area contributed by atoms with E-state index in [-0.39, 0.29) is 11.9 Å². The molecule has 0 bridgehead atoms. The van der Waals surface area contributed by atoms with Gasteiger partial charge in [0.2, 0.25) is 0 Å². The van der Waals surface area contributed by atoms with E-state index in [2.05, 4.69) is 19.9 Å². The van der Waals surface area contributed by atoms with Gasteiger partial charge in [-0.05, 0) is 18.6 Å². The van der Waals surface area contributed by atoms with Crippen molar-refractivity contribution in [3.8, 4) is 0 Å². The molecule has 0 saturated heterocycles. The van der Waals surface area contributed by atoms with E-state index in [0.717, 1.165) is 25.2 Å². The molecule has 18 heavy (non-hydrogen) atoms. The number of carbonyl (C=O) groups is 1. The smallest absolute Gasteiger partial charge is 0.270 e. The molecule has 1 atom stereocenters. The van der Waals surface area contributed by atoms with Crippen LogP contribution in [0, 0.1) is 0 Å². The Labute approximate surface area is 105 Å². The molecule has 92 valence electrons. The second-order valence-corrected chi connectivity index (χ2v) is 4.42. The van der Waals surface area contributed by atoms with Crippen LogP contribution in [0.4, 0.5) is 0 Å². The van der Waals surface area contributed by atoms with Crippen LogP contribution in [0.5, 0.6) is 0 Å². The van der Waals surface area contributed by atoms with E-state index in [1.54, 1.807) is 24.5 Å². The zero-order valence-corrected chi connectivity index (χ0v) is 9.91. The van der Waals surface area contributed by atoms with Gasteiger partial charge in [0.1, 0.15) is 11.5 Å². The largest absolute Gasteiger partial charge is 0.346 e. The van der Waals surface area contributed by atoms with Crippen LogP contribution in [-0.4, -0.2) is 26.5 Å². The van der Waals surface area contributed by atoms with E-state index in [0.29, 0.717) is 5.69 Å². The molecule has 1 aliphatic rings. The van der Waals surface area contributed by atoms with Crippen LogP contribution in [0.1, 0.15) is 22.7 Å². The number of imidazole rings is 1. The molecule has 0 unspecified atom stereocenters. The highest BCUT2D eigenvalue weighted by Crippen LogP contribution is 2.13. The minimum atomic E-state index is -0.107. The van der Waals surface area contributed by atoms with Crippen molar-refractivity contribution in [1.82, 2.24) is 19.9 Å². The number of aromatic nitrogens is 3. The average Bonchev–Trinajstić information content (AvgIpc) is 2.87. The maximum Gasteiger partial charge on any atom is 0.270 e. The van der Waals surface area contributed by atoms with Gasteiger partial charge >= 0.3 is 0 Å². The van der Waals surface area contributed by atoms with Gasteiger partial charge in [0.15, 0.2) is 0 Å². The quantitative estimate of drug-likeness (QED) is 0.855. The predicted molar refractivity (Wildman–Crippen MR) is 66.0 cm³/mol. The fourth-order valence-corrected chi connectivity index (χ4v) is 2.24. The predicted octanol–water partition coefficient (Wildman–Crippen LogP) is 1.02. The van der Waals surface area contributed by atoms with E-state index < -0.39 is 0 Å². The molecular formula is C13H14N4O. The maximum atomic E-state index is 12.0. The number of rotatable bonds is 2. The van der Waals surface area contributed by atoms with E-state index in [4.69, 9.17) is 0 Å². The van der Waals surface area contributed by atoms with Gasteiger partial charge in [-0.2, -0.15) is 0 Å². The molecule has 1 N–H and O–H groups in total. The first-order chi connectivity index (χ1) is 8.83. The number of aryl methyl sites for hydroxylation is 1. The molecule has 0 radical (unpaired) electrons. The lowest BCUT2D eigenvalue weighted by Crippen LogP contribution is -2.41. The van der Waals surface area contributed by atoms with Crippen molar-refractivity contribution in [2.24, 2.45) is 0 Å². The molecule has 1 aliphatic heterocycles. The number of hydrogen-bond acceptors (Lipinski definition) is 3. The van der Waals surface area contributed by atoms with Crippen molar-refractivity contribution in [2.45, 2.75) is 25.4 Å². The molecule has 5 nitrogen and oxygen atoms in total. The lowest BCUT2D eigenvalue weighted by atomic mass is 10.1. The van der Waals surface area contributed by atoms with Gasteiger partial charge < -0.3 is 9.88 Å². The summed E-state index contributed by atoms with van der Waals surface area (Å²) in [5, 5.41) is 3.02.